The number of carbonyl (C=O) groups is 2. The van der Waals surface area contributed by atoms with Crippen LogP contribution < -0.4 is 21.3 Å². The molecule has 178 valence electrons. The first-order valence-corrected chi connectivity index (χ1v) is 10.9. The summed E-state index contributed by atoms with van der Waals surface area (Å²) in [6, 6.07) is 6.73. The molecule has 0 saturated carbocycles. The predicted molar refractivity (Wildman–Crippen MR) is 130 cm³/mol. The van der Waals surface area contributed by atoms with Crippen LogP contribution in [-0.2, 0) is 9.59 Å². The van der Waals surface area contributed by atoms with Gasteiger partial charge >= 0.3 is 5.69 Å². The van der Waals surface area contributed by atoms with E-state index in [1.807, 2.05) is 12.2 Å². The molecule has 34 heavy (non-hydrogen) atoms. The molecule has 1 aliphatic carbocycles. The van der Waals surface area contributed by atoms with Crippen LogP contribution in [0.25, 0.3) is 0 Å². The van der Waals surface area contributed by atoms with E-state index in [4.69, 9.17) is 0 Å². The minimum atomic E-state index is -0.512. The number of rotatable bonds is 9. The van der Waals surface area contributed by atoms with Crippen molar-refractivity contribution in [3.05, 3.63) is 64.0 Å². The Morgan fingerprint density at radius 3 is 2.29 bits per heavy atom. The second-order valence-electron chi connectivity index (χ2n) is 7.60. The second-order valence-corrected chi connectivity index (χ2v) is 7.60. The third-order valence-corrected chi connectivity index (χ3v) is 5.01. The first kappa shape index (κ1) is 24.4. The Labute approximate surface area is 196 Å². The molecule has 1 aliphatic rings. The standard InChI is InChI=1S/C23H27N7O4/c1-4-19(31)25-15-6-10-17(11-7-15)27-22-21(30(33)34)14(3)24-23(29-22)28-18-12-8-16(9-13-18)26-20(32)5-2/h6-10,12-13,17H,4-5,11H2,1-3H3,(H,25,31)(H,26,32)(H2,24,27,28,29). The number of hydrogen-bond acceptors (Lipinski definition) is 8. The van der Waals surface area contributed by atoms with Gasteiger partial charge in [0, 0.05) is 36.0 Å². The number of nitro groups is 1. The second kappa shape index (κ2) is 11.0. The van der Waals surface area contributed by atoms with Crippen LogP contribution in [0.15, 0.2) is 48.2 Å². The predicted octanol–water partition coefficient (Wildman–Crippen LogP) is 3.94. The maximum absolute atomic E-state index is 11.7. The summed E-state index contributed by atoms with van der Waals surface area (Å²) < 4.78 is 0. The number of carbonyl (C=O) groups excluding carboxylic acids is 2. The Kier molecular flexibility index (Phi) is 7.91. The maximum Gasteiger partial charge on any atom is 0.332 e. The molecule has 1 aromatic carbocycles. The molecule has 3 rings (SSSR count). The lowest BCUT2D eigenvalue weighted by Crippen LogP contribution is -2.25. The van der Waals surface area contributed by atoms with Crippen molar-refractivity contribution in [2.45, 2.75) is 46.1 Å². The Balaban J connectivity index is 1.76. The smallest absolute Gasteiger partial charge is 0.332 e. The highest BCUT2D eigenvalue weighted by molar-refractivity contribution is 5.90. The van der Waals surface area contributed by atoms with E-state index in [1.54, 1.807) is 51.1 Å². The number of allylic oxidation sites excluding steroid dienone is 1. The van der Waals surface area contributed by atoms with Crippen LogP contribution in [0.3, 0.4) is 0 Å². The van der Waals surface area contributed by atoms with Gasteiger partial charge in [-0.2, -0.15) is 4.98 Å². The lowest BCUT2D eigenvalue weighted by molar-refractivity contribution is -0.385. The first-order chi connectivity index (χ1) is 16.3. The van der Waals surface area contributed by atoms with Gasteiger partial charge in [-0.3, -0.25) is 19.7 Å². The molecule has 11 heteroatoms. The van der Waals surface area contributed by atoms with E-state index in [0.717, 1.165) is 0 Å². The van der Waals surface area contributed by atoms with Crippen LogP contribution in [0.2, 0.25) is 0 Å². The normalized spacial score (nSPS) is 14.7. The van der Waals surface area contributed by atoms with E-state index in [0.29, 0.717) is 36.3 Å². The SMILES string of the molecule is CCC(=O)NC1=CCC(Nc2nc(Nc3ccc(NC(=O)CC)cc3)nc(C)c2[N+](=O)[O-])C=C1. The Morgan fingerprint density at radius 1 is 1.06 bits per heavy atom. The number of hydrogen-bond donors (Lipinski definition) is 4. The molecule has 0 fully saturated rings. The molecule has 1 aromatic heterocycles. The number of benzene rings is 1. The third-order valence-electron chi connectivity index (χ3n) is 5.01. The van der Waals surface area contributed by atoms with Crippen molar-refractivity contribution in [3.8, 4) is 0 Å². The molecule has 2 amide bonds. The molecule has 0 aliphatic heterocycles. The summed E-state index contributed by atoms with van der Waals surface area (Å²) in [5.74, 6) is 0.121. The van der Waals surface area contributed by atoms with Crippen molar-refractivity contribution >= 4 is 40.6 Å². The molecule has 1 heterocycles. The molecule has 0 spiro atoms. The van der Waals surface area contributed by atoms with Crippen molar-refractivity contribution in [3.63, 3.8) is 0 Å². The number of amides is 2. The average molecular weight is 466 g/mol. The van der Waals surface area contributed by atoms with E-state index in [9.17, 15) is 19.7 Å². The fraction of sp³-hybridized carbons (Fsp3) is 0.304. The summed E-state index contributed by atoms with van der Waals surface area (Å²) >= 11 is 0. The van der Waals surface area contributed by atoms with Crippen LogP contribution >= 0.6 is 0 Å². The highest BCUT2D eigenvalue weighted by Gasteiger charge is 2.24. The van der Waals surface area contributed by atoms with Gasteiger partial charge in [-0.05, 0) is 43.7 Å². The van der Waals surface area contributed by atoms with E-state index in [2.05, 4.69) is 31.2 Å². The topological polar surface area (TPSA) is 151 Å². The Morgan fingerprint density at radius 2 is 1.71 bits per heavy atom. The highest BCUT2D eigenvalue weighted by Crippen LogP contribution is 2.29. The van der Waals surface area contributed by atoms with Crippen LogP contribution in [0.4, 0.5) is 28.8 Å². The molecule has 11 nitrogen and oxygen atoms in total. The van der Waals surface area contributed by atoms with Gasteiger partial charge in [-0.25, -0.2) is 4.98 Å². The zero-order valence-electron chi connectivity index (χ0n) is 19.2. The fourth-order valence-corrected chi connectivity index (χ4v) is 3.20. The highest BCUT2D eigenvalue weighted by atomic mass is 16.6. The van der Waals surface area contributed by atoms with Crippen molar-refractivity contribution in [1.29, 1.82) is 0 Å². The zero-order chi connectivity index (χ0) is 24.7. The van der Waals surface area contributed by atoms with Gasteiger partial charge in [0.2, 0.25) is 23.6 Å². The van der Waals surface area contributed by atoms with E-state index >= 15 is 0 Å². The van der Waals surface area contributed by atoms with Gasteiger partial charge in [0.05, 0.1) is 4.92 Å². The average Bonchev–Trinajstić information content (AvgIpc) is 2.81. The van der Waals surface area contributed by atoms with Crippen LogP contribution in [0.5, 0.6) is 0 Å². The summed E-state index contributed by atoms with van der Waals surface area (Å²) in [4.78, 5) is 42.8. The molecule has 2 aromatic rings. The lowest BCUT2D eigenvalue weighted by atomic mass is 10.1. The van der Waals surface area contributed by atoms with E-state index < -0.39 is 4.92 Å². The first-order valence-electron chi connectivity index (χ1n) is 10.9. The van der Waals surface area contributed by atoms with E-state index in [1.165, 1.54) is 0 Å². The van der Waals surface area contributed by atoms with Gasteiger partial charge < -0.3 is 21.3 Å². The third kappa shape index (κ3) is 6.37. The van der Waals surface area contributed by atoms with Gasteiger partial charge in [0.25, 0.3) is 0 Å². The van der Waals surface area contributed by atoms with Crippen LogP contribution in [0.1, 0.15) is 38.8 Å². The minimum absolute atomic E-state index is 0.0825. The quantitative estimate of drug-likeness (QED) is 0.321. The number of aryl methyl sites for hydroxylation is 1. The van der Waals surface area contributed by atoms with Crippen LogP contribution in [-0.4, -0.2) is 32.7 Å². The Bertz CT molecular complexity index is 1140. The molecule has 0 saturated heterocycles. The van der Waals surface area contributed by atoms with Crippen molar-refractivity contribution in [2.24, 2.45) is 0 Å². The van der Waals surface area contributed by atoms with Crippen molar-refractivity contribution in [2.75, 3.05) is 16.0 Å². The zero-order valence-corrected chi connectivity index (χ0v) is 19.2. The lowest BCUT2D eigenvalue weighted by Gasteiger charge is -2.19. The van der Waals surface area contributed by atoms with Crippen LogP contribution in [0, 0.1) is 17.0 Å². The van der Waals surface area contributed by atoms with Gasteiger partial charge in [-0.15, -0.1) is 0 Å². The minimum Gasteiger partial charge on any atom is -0.358 e. The monoisotopic (exact) mass is 465 g/mol. The van der Waals surface area contributed by atoms with Gasteiger partial charge in [-0.1, -0.05) is 26.0 Å². The molecule has 0 radical (unpaired) electrons. The Hall–Kier alpha value is -4.28. The van der Waals surface area contributed by atoms with Crippen molar-refractivity contribution < 1.29 is 14.5 Å². The number of anilines is 4. The van der Waals surface area contributed by atoms with Gasteiger partial charge in [0.15, 0.2) is 0 Å². The maximum atomic E-state index is 11.7. The molecular weight excluding hydrogens is 438 g/mol. The van der Waals surface area contributed by atoms with Crippen molar-refractivity contribution in [1.82, 2.24) is 15.3 Å². The molecule has 1 atom stereocenters. The summed E-state index contributed by atoms with van der Waals surface area (Å²) in [6.45, 7) is 5.09. The summed E-state index contributed by atoms with van der Waals surface area (Å²) in [5, 5.41) is 23.4. The molecule has 4 N–H and O–H groups in total. The molecule has 1 unspecified atom stereocenters. The largest absolute Gasteiger partial charge is 0.358 e. The summed E-state index contributed by atoms with van der Waals surface area (Å²) in [5.41, 5.74) is 2.02. The van der Waals surface area contributed by atoms with Gasteiger partial charge in [0.1, 0.15) is 5.69 Å². The number of nitrogens with zero attached hydrogens (tertiary/aromatic N) is 3. The number of aromatic nitrogens is 2. The molecular formula is C23H27N7O4. The number of nitrogens with one attached hydrogen (secondary N) is 4. The summed E-state index contributed by atoms with van der Waals surface area (Å²) in [7, 11) is 0. The summed E-state index contributed by atoms with van der Waals surface area (Å²) in [6.07, 6.45) is 6.71. The molecule has 0 bridgehead atoms. The van der Waals surface area contributed by atoms with E-state index in [-0.39, 0.29) is 41.0 Å². The fourth-order valence-electron chi connectivity index (χ4n) is 3.20.